The number of aromatic nitrogens is 6. The van der Waals surface area contributed by atoms with Gasteiger partial charge in [-0.1, -0.05) is 31.9 Å². The average Bonchev–Trinajstić information content (AvgIpc) is 3.47. The fourth-order valence-corrected chi connectivity index (χ4v) is 4.25. The van der Waals surface area contributed by atoms with Crippen LogP contribution in [0.1, 0.15) is 62.3 Å². The zero-order valence-corrected chi connectivity index (χ0v) is 20.1. The maximum atomic E-state index is 12.8. The minimum atomic E-state index is -0.708. The van der Waals surface area contributed by atoms with Gasteiger partial charge in [0, 0.05) is 26.2 Å². The number of carbonyl (C=O) groups is 1. The number of unbranched alkanes of at least 4 members (excludes halogenated alkanes) is 1. The molecule has 0 aliphatic carbocycles. The molecule has 0 aromatic carbocycles. The molecule has 0 unspecified atom stereocenters. The number of H-pyrrole nitrogens is 1. The molecule has 1 aliphatic heterocycles. The molecule has 182 valence electrons. The molecule has 0 atom stereocenters. The number of anilines is 1. The highest BCUT2D eigenvalue weighted by molar-refractivity contribution is 6.33. The number of imidazole rings is 1. The van der Waals surface area contributed by atoms with E-state index in [0.29, 0.717) is 30.4 Å². The summed E-state index contributed by atoms with van der Waals surface area (Å²) >= 11 is 6.18. The molecular formula is C22H28ClN7O4. The number of rotatable bonds is 9. The second-order valence-electron chi connectivity index (χ2n) is 8.25. The molecule has 1 saturated heterocycles. The second-order valence-corrected chi connectivity index (χ2v) is 8.66. The lowest BCUT2D eigenvalue weighted by molar-refractivity contribution is 0.0451. The molecule has 0 spiro atoms. The van der Waals surface area contributed by atoms with Crippen molar-refractivity contribution in [3.63, 3.8) is 0 Å². The Morgan fingerprint density at radius 1 is 1.12 bits per heavy atom. The predicted molar refractivity (Wildman–Crippen MR) is 127 cm³/mol. The van der Waals surface area contributed by atoms with Gasteiger partial charge in [-0.25, -0.2) is 24.5 Å². The van der Waals surface area contributed by atoms with E-state index in [1.807, 2.05) is 18.7 Å². The lowest BCUT2D eigenvalue weighted by Crippen LogP contribution is -2.31. The van der Waals surface area contributed by atoms with Crippen molar-refractivity contribution < 1.29 is 9.53 Å². The van der Waals surface area contributed by atoms with Gasteiger partial charge in [-0.05, 0) is 25.7 Å². The van der Waals surface area contributed by atoms with Gasteiger partial charge in [-0.15, -0.1) is 0 Å². The van der Waals surface area contributed by atoms with Gasteiger partial charge in [0.15, 0.2) is 16.9 Å². The first-order valence-corrected chi connectivity index (χ1v) is 12.0. The van der Waals surface area contributed by atoms with Crippen molar-refractivity contribution in [2.24, 2.45) is 0 Å². The Hall–Kier alpha value is -3.21. The standard InChI is InChI=1S/C22H28ClN7O4/c1-3-5-11-30-18-17(19(31)27-22(30)33)29(8-4-2)15(25-18)13-34-20(32)16-14(23)12-24-21(26-16)28-9-6-7-10-28/h12H,3-11,13H2,1-2H3,(H,27,31,33). The largest absolute Gasteiger partial charge is 0.453 e. The number of carbonyl (C=O) groups excluding carboxylic acids is 1. The summed E-state index contributed by atoms with van der Waals surface area (Å²) in [5, 5.41) is 0.0971. The minimum Gasteiger partial charge on any atom is -0.453 e. The van der Waals surface area contributed by atoms with Crippen molar-refractivity contribution in [1.82, 2.24) is 29.1 Å². The van der Waals surface area contributed by atoms with E-state index >= 15 is 0 Å². The van der Waals surface area contributed by atoms with E-state index in [0.717, 1.165) is 45.2 Å². The van der Waals surface area contributed by atoms with Gasteiger partial charge in [0.05, 0.1) is 11.2 Å². The minimum absolute atomic E-state index is 0.0191. The van der Waals surface area contributed by atoms with Crippen molar-refractivity contribution in [3.05, 3.63) is 43.6 Å². The number of fused-ring (bicyclic) bond motifs is 1. The number of halogens is 1. The molecular weight excluding hydrogens is 462 g/mol. The lowest BCUT2D eigenvalue weighted by Gasteiger charge is -2.15. The third-order valence-corrected chi connectivity index (χ3v) is 6.07. The smallest absolute Gasteiger partial charge is 0.359 e. The molecule has 4 heterocycles. The Balaban J connectivity index is 1.64. The van der Waals surface area contributed by atoms with E-state index in [1.165, 1.54) is 10.8 Å². The van der Waals surface area contributed by atoms with Crippen LogP contribution in [0.25, 0.3) is 11.2 Å². The molecule has 0 radical (unpaired) electrons. The molecule has 34 heavy (non-hydrogen) atoms. The van der Waals surface area contributed by atoms with Crippen LogP contribution in [0.2, 0.25) is 5.02 Å². The van der Waals surface area contributed by atoms with Crippen molar-refractivity contribution in [3.8, 4) is 0 Å². The summed E-state index contributed by atoms with van der Waals surface area (Å²) in [5.74, 6) is 0.107. The summed E-state index contributed by atoms with van der Waals surface area (Å²) < 4.78 is 8.66. The zero-order valence-electron chi connectivity index (χ0n) is 19.3. The van der Waals surface area contributed by atoms with Crippen LogP contribution < -0.4 is 16.1 Å². The van der Waals surface area contributed by atoms with Crippen molar-refractivity contribution in [1.29, 1.82) is 0 Å². The molecule has 12 heteroatoms. The zero-order chi connectivity index (χ0) is 24.2. The van der Waals surface area contributed by atoms with Gasteiger partial charge < -0.3 is 14.2 Å². The van der Waals surface area contributed by atoms with Crippen LogP contribution >= 0.6 is 11.6 Å². The average molecular weight is 490 g/mol. The number of hydrogen-bond donors (Lipinski definition) is 1. The van der Waals surface area contributed by atoms with E-state index in [2.05, 4.69) is 19.9 Å². The number of esters is 1. The lowest BCUT2D eigenvalue weighted by atomic mass is 10.3. The van der Waals surface area contributed by atoms with Crippen molar-refractivity contribution in [2.75, 3.05) is 18.0 Å². The Bertz CT molecular complexity index is 1310. The third kappa shape index (κ3) is 4.70. The van der Waals surface area contributed by atoms with E-state index in [-0.39, 0.29) is 23.0 Å². The van der Waals surface area contributed by atoms with Crippen LogP contribution in [0, 0.1) is 0 Å². The Kier molecular flexibility index (Phi) is 7.30. The molecule has 3 aromatic heterocycles. The maximum Gasteiger partial charge on any atom is 0.359 e. The maximum absolute atomic E-state index is 12.8. The molecule has 1 aliphatic rings. The summed E-state index contributed by atoms with van der Waals surface area (Å²) in [6, 6.07) is 0. The quantitative estimate of drug-likeness (QED) is 0.454. The van der Waals surface area contributed by atoms with E-state index in [9.17, 15) is 14.4 Å². The highest BCUT2D eigenvalue weighted by Crippen LogP contribution is 2.21. The van der Waals surface area contributed by atoms with E-state index < -0.39 is 17.2 Å². The van der Waals surface area contributed by atoms with Crippen LogP contribution in [0.3, 0.4) is 0 Å². The number of hydrogen-bond acceptors (Lipinski definition) is 8. The van der Waals surface area contributed by atoms with Crippen molar-refractivity contribution in [2.45, 2.75) is 65.6 Å². The van der Waals surface area contributed by atoms with Gasteiger partial charge in [-0.2, -0.15) is 0 Å². The Morgan fingerprint density at radius 2 is 1.88 bits per heavy atom. The number of ether oxygens (including phenoxy) is 1. The summed E-state index contributed by atoms with van der Waals surface area (Å²) in [6.07, 6.45) is 5.85. The molecule has 0 amide bonds. The molecule has 1 N–H and O–H groups in total. The molecule has 3 aromatic rings. The first kappa shape index (κ1) is 23.9. The van der Waals surface area contributed by atoms with E-state index in [1.54, 1.807) is 4.57 Å². The van der Waals surface area contributed by atoms with Gasteiger partial charge in [0.25, 0.3) is 5.56 Å². The Morgan fingerprint density at radius 3 is 2.59 bits per heavy atom. The first-order valence-electron chi connectivity index (χ1n) is 11.6. The molecule has 0 saturated carbocycles. The van der Waals surface area contributed by atoms with Gasteiger partial charge in [0.1, 0.15) is 12.4 Å². The fraction of sp³-hybridized carbons (Fsp3) is 0.545. The highest BCUT2D eigenvalue weighted by atomic mass is 35.5. The first-order chi connectivity index (χ1) is 16.4. The summed E-state index contributed by atoms with van der Waals surface area (Å²) in [7, 11) is 0. The second kappa shape index (κ2) is 10.4. The third-order valence-electron chi connectivity index (χ3n) is 5.79. The SMILES string of the molecule is CCCCn1c(=O)[nH]c(=O)c2c1nc(COC(=O)c1nc(N3CCCC3)ncc1Cl)n2CCC. The van der Waals surface area contributed by atoms with Gasteiger partial charge >= 0.3 is 11.7 Å². The number of nitrogens with one attached hydrogen (secondary N) is 1. The van der Waals surface area contributed by atoms with Crippen LogP contribution in [-0.2, 0) is 24.4 Å². The van der Waals surface area contributed by atoms with Crippen LogP contribution in [-0.4, -0.2) is 48.1 Å². The molecule has 11 nitrogen and oxygen atoms in total. The molecule has 1 fully saturated rings. The molecule has 0 bridgehead atoms. The van der Waals surface area contributed by atoms with Crippen molar-refractivity contribution >= 4 is 34.7 Å². The fourth-order valence-electron chi connectivity index (χ4n) is 4.08. The van der Waals surface area contributed by atoms with Crippen LogP contribution in [0.5, 0.6) is 0 Å². The Labute approximate surface area is 200 Å². The molecule has 4 rings (SSSR count). The van der Waals surface area contributed by atoms with Gasteiger partial charge in [0.2, 0.25) is 5.95 Å². The highest BCUT2D eigenvalue weighted by Gasteiger charge is 2.23. The summed E-state index contributed by atoms with van der Waals surface area (Å²) in [6.45, 7) is 6.34. The number of aryl methyl sites for hydroxylation is 2. The monoisotopic (exact) mass is 489 g/mol. The predicted octanol–water partition coefficient (Wildman–Crippen LogP) is 2.50. The van der Waals surface area contributed by atoms with Crippen LogP contribution in [0.4, 0.5) is 5.95 Å². The number of aromatic amines is 1. The van der Waals surface area contributed by atoms with Crippen LogP contribution in [0.15, 0.2) is 15.8 Å². The van der Waals surface area contributed by atoms with Gasteiger partial charge in [-0.3, -0.25) is 14.3 Å². The summed E-state index contributed by atoms with van der Waals surface area (Å²) in [5.41, 5.74) is -0.453. The topological polar surface area (TPSA) is 128 Å². The summed E-state index contributed by atoms with van der Waals surface area (Å²) in [4.78, 5) is 55.3. The van der Waals surface area contributed by atoms with E-state index in [4.69, 9.17) is 16.3 Å². The normalized spacial score (nSPS) is 13.7. The number of nitrogens with zero attached hydrogens (tertiary/aromatic N) is 6.